The van der Waals surface area contributed by atoms with Gasteiger partial charge in [-0.15, -0.1) is 10.2 Å². The molecule has 2 aromatic rings. The maximum absolute atomic E-state index is 12.5. The second-order valence-electron chi connectivity index (χ2n) is 6.10. The van der Waals surface area contributed by atoms with E-state index in [2.05, 4.69) is 15.4 Å². The van der Waals surface area contributed by atoms with Gasteiger partial charge in [-0.1, -0.05) is 30.3 Å². The number of aromatic nitrogens is 4. The van der Waals surface area contributed by atoms with E-state index >= 15 is 0 Å². The van der Waals surface area contributed by atoms with E-state index in [4.69, 9.17) is 0 Å². The van der Waals surface area contributed by atoms with Crippen LogP contribution < -0.4 is 0 Å². The highest BCUT2D eigenvalue weighted by Gasteiger charge is 2.32. The molecular formula is C16H21N5O2. The first kappa shape index (κ1) is 15.6. The first-order chi connectivity index (χ1) is 11.1. The third-order valence-corrected chi connectivity index (χ3v) is 4.17. The van der Waals surface area contributed by atoms with Crippen molar-refractivity contribution in [3.8, 4) is 11.4 Å². The molecule has 7 nitrogen and oxygen atoms in total. The van der Waals surface area contributed by atoms with E-state index in [0.29, 0.717) is 18.3 Å². The number of aliphatic hydroxyl groups excluding tert-OH is 1. The van der Waals surface area contributed by atoms with Gasteiger partial charge in [-0.25, -0.2) is 0 Å². The summed E-state index contributed by atoms with van der Waals surface area (Å²) in [5.41, 5.74) is 0.857. The third kappa shape index (κ3) is 3.56. The lowest BCUT2D eigenvalue weighted by molar-refractivity contribution is -0.135. The van der Waals surface area contributed by atoms with Gasteiger partial charge in [-0.2, -0.15) is 4.80 Å². The Morgan fingerprint density at radius 3 is 2.74 bits per heavy atom. The van der Waals surface area contributed by atoms with Gasteiger partial charge in [-0.3, -0.25) is 4.79 Å². The molecule has 23 heavy (non-hydrogen) atoms. The number of benzene rings is 1. The van der Waals surface area contributed by atoms with Crippen LogP contribution >= 0.6 is 0 Å². The van der Waals surface area contributed by atoms with Crippen molar-refractivity contribution in [2.75, 3.05) is 13.6 Å². The Balaban J connectivity index is 1.66. The van der Waals surface area contributed by atoms with Crippen LogP contribution in [0.15, 0.2) is 30.3 Å². The molecule has 7 heteroatoms. The van der Waals surface area contributed by atoms with Crippen LogP contribution in [-0.2, 0) is 4.79 Å². The average Bonchev–Trinajstić information content (AvgIpc) is 3.31. The minimum atomic E-state index is -0.559. The smallest absolute Gasteiger partial charge is 0.248 e. The van der Waals surface area contributed by atoms with Crippen LogP contribution in [0.3, 0.4) is 0 Å². The summed E-state index contributed by atoms with van der Waals surface area (Å²) in [6, 6.07) is 8.95. The van der Waals surface area contributed by atoms with Crippen LogP contribution in [0.5, 0.6) is 0 Å². The molecule has 0 aliphatic heterocycles. The van der Waals surface area contributed by atoms with E-state index in [0.717, 1.165) is 18.4 Å². The number of likely N-dealkylation sites (N-methyl/N-ethyl adjacent to an activating group) is 1. The molecule has 1 aromatic heterocycles. The zero-order chi connectivity index (χ0) is 16.4. The van der Waals surface area contributed by atoms with Crippen molar-refractivity contribution in [2.45, 2.75) is 31.9 Å². The maximum Gasteiger partial charge on any atom is 0.248 e. The first-order valence-corrected chi connectivity index (χ1v) is 7.84. The molecule has 1 saturated carbocycles. The molecule has 1 aliphatic rings. The molecule has 122 valence electrons. The van der Waals surface area contributed by atoms with Crippen LogP contribution in [0, 0.1) is 5.92 Å². The Morgan fingerprint density at radius 1 is 1.39 bits per heavy atom. The summed E-state index contributed by atoms with van der Waals surface area (Å²) in [5.74, 6) is 0.697. The summed E-state index contributed by atoms with van der Waals surface area (Å²) >= 11 is 0. The highest BCUT2D eigenvalue weighted by Crippen LogP contribution is 2.32. The molecule has 1 heterocycles. The molecule has 1 amide bonds. The molecule has 1 aromatic carbocycles. The maximum atomic E-state index is 12.5. The van der Waals surface area contributed by atoms with Crippen LogP contribution in [-0.4, -0.2) is 55.8 Å². The average molecular weight is 315 g/mol. The number of hydrogen-bond acceptors (Lipinski definition) is 5. The molecule has 0 saturated heterocycles. The summed E-state index contributed by atoms with van der Waals surface area (Å²) in [6.07, 6.45) is 1.65. The zero-order valence-corrected chi connectivity index (χ0v) is 13.3. The number of carbonyl (C=O) groups excluding carboxylic acids is 1. The van der Waals surface area contributed by atoms with E-state index in [9.17, 15) is 9.90 Å². The Hall–Kier alpha value is -2.28. The minimum Gasteiger partial charge on any atom is -0.391 e. The Kier molecular flexibility index (Phi) is 4.38. The van der Waals surface area contributed by atoms with Crippen molar-refractivity contribution < 1.29 is 9.90 Å². The summed E-state index contributed by atoms with van der Waals surface area (Å²) < 4.78 is 0. The Labute approximate surface area is 134 Å². The van der Waals surface area contributed by atoms with Gasteiger partial charge in [0, 0.05) is 19.2 Å². The number of hydrogen-bond donors (Lipinski definition) is 1. The normalized spacial score (nSPS) is 16.8. The van der Waals surface area contributed by atoms with Gasteiger partial charge < -0.3 is 10.0 Å². The van der Waals surface area contributed by atoms with Gasteiger partial charge in [-0.05, 0) is 30.9 Å². The largest absolute Gasteiger partial charge is 0.391 e. The number of aliphatic hydroxyl groups is 1. The molecule has 0 bridgehead atoms. The fourth-order valence-electron chi connectivity index (χ4n) is 2.51. The molecular weight excluding hydrogens is 294 g/mol. The predicted molar refractivity (Wildman–Crippen MR) is 84.3 cm³/mol. The van der Waals surface area contributed by atoms with Crippen LogP contribution in [0.1, 0.15) is 25.8 Å². The molecule has 1 N–H and O–H groups in total. The quantitative estimate of drug-likeness (QED) is 0.864. The van der Waals surface area contributed by atoms with E-state index < -0.39 is 12.1 Å². The Morgan fingerprint density at radius 2 is 2.09 bits per heavy atom. The molecule has 1 fully saturated rings. The van der Waals surface area contributed by atoms with Gasteiger partial charge in [0.05, 0.1) is 6.10 Å². The summed E-state index contributed by atoms with van der Waals surface area (Å²) in [7, 11) is 1.69. The van der Waals surface area contributed by atoms with Gasteiger partial charge in [0.2, 0.25) is 11.7 Å². The molecule has 0 radical (unpaired) electrons. The van der Waals surface area contributed by atoms with Crippen molar-refractivity contribution in [1.82, 2.24) is 25.1 Å². The second-order valence-corrected chi connectivity index (χ2v) is 6.10. The van der Waals surface area contributed by atoms with Gasteiger partial charge in [0.15, 0.2) is 0 Å². The van der Waals surface area contributed by atoms with E-state index in [-0.39, 0.29) is 5.91 Å². The van der Waals surface area contributed by atoms with Crippen molar-refractivity contribution in [3.05, 3.63) is 30.3 Å². The van der Waals surface area contributed by atoms with Crippen LogP contribution in [0.25, 0.3) is 11.4 Å². The zero-order valence-electron chi connectivity index (χ0n) is 13.3. The minimum absolute atomic E-state index is 0.137. The number of rotatable bonds is 6. The lowest BCUT2D eigenvalue weighted by Crippen LogP contribution is -2.39. The van der Waals surface area contributed by atoms with Gasteiger partial charge in [0.1, 0.15) is 6.04 Å². The van der Waals surface area contributed by atoms with Crippen molar-refractivity contribution in [1.29, 1.82) is 0 Å². The van der Waals surface area contributed by atoms with Crippen molar-refractivity contribution in [3.63, 3.8) is 0 Å². The highest BCUT2D eigenvalue weighted by atomic mass is 16.3. The number of nitrogens with zero attached hydrogens (tertiary/aromatic N) is 5. The summed E-state index contributed by atoms with van der Waals surface area (Å²) in [4.78, 5) is 15.3. The summed E-state index contributed by atoms with van der Waals surface area (Å²) in [5, 5.41) is 22.3. The van der Waals surface area contributed by atoms with Crippen molar-refractivity contribution >= 4 is 5.91 Å². The highest BCUT2D eigenvalue weighted by molar-refractivity contribution is 5.79. The molecule has 0 spiro atoms. The number of tetrazole rings is 1. The first-order valence-electron chi connectivity index (χ1n) is 7.84. The topological polar surface area (TPSA) is 84.1 Å². The summed E-state index contributed by atoms with van der Waals surface area (Å²) in [6.45, 7) is 2.08. The molecule has 3 rings (SSSR count). The Bertz CT molecular complexity index is 668. The lowest BCUT2D eigenvalue weighted by atomic mass is 10.2. The standard InChI is InChI=1S/C16H21N5O2/c1-11(16(23)20(2)10-14(22)12-8-9-12)21-18-15(17-19-21)13-6-4-3-5-7-13/h3-7,11-12,14,22H,8-10H2,1-2H3. The monoisotopic (exact) mass is 315 g/mol. The third-order valence-electron chi connectivity index (χ3n) is 4.17. The van der Waals surface area contributed by atoms with Crippen LogP contribution in [0.4, 0.5) is 0 Å². The SMILES string of the molecule is CC(C(=O)N(C)CC(O)C1CC1)n1nnc(-c2ccccc2)n1. The van der Waals surface area contributed by atoms with Gasteiger partial charge in [0.25, 0.3) is 0 Å². The fraction of sp³-hybridized carbons (Fsp3) is 0.500. The molecule has 1 aliphatic carbocycles. The number of amides is 1. The van der Waals surface area contributed by atoms with Crippen LogP contribution in [0.2, 0.25) is 0 Å². The molecule has 2 atom stereocenters. The van der Waals surface area contributed by atoms with E-state index in [1.807, 2.05) is 30.3 Å². The fourth-order valence-corrected chi connectivity index (χ4v) is 2.51. The van der Waals surface area contributed by atoms with E-state index in [1.165, 1.54) is 4.80 Å². The number of carbonyl (C=O) groups is 1. The predicted octanol–water partition coefficient (Wildman–Crippen LogP) is 1.13. The van der Waals surface area contributed by atoms with E-state index in [1.54, 1.807) is 18.9 Å². The molecule has 2 unspecified atom stereocenters. The second kappa shape index (κ2) is 6.45. The lowest BCUT2D eigenvalue weighted by Gasteiger charge is -2.23. The van der Waals surface area contributed by atoms with Gasteiger partial charge >= 0.3 is 0 Å². The van der Waals surface area contributed by atoms with Crippen molar-refractivity contribution in [2.24, 2.45) is 5.92 Å².